The summed E-state index contributed by atoms with van der Waals surface area (Å²) in [6, 6.07) is 14.9. The number of hydrogen-bond donors (Lipinski definition) is 1. The average molecular weight is 286 g/mol. The lowest BCUT2D eigenvalue weighted by atomic mass is 10.0. The zero-order chi connectivity index (χ0) is 15.2. The van der Waals surface area contributed by atoms with E-state index in [0.29, 0.717) is 5.69 Å². The lowest BCUT2D eigenvalue weighted by molar-refractivity contribution is 0.616. The highest BCUT2D eigenvalue weighted by molar-refractivity contribution is 5.67. The molecule has 0 unspecified atom stereocenters. The number of nitrogens with zero attached hydrogens (tertiary/aromatic N) is 1. The van der Waals surface area contributed by atoms with Crippen molar-refractivity contribution in [2.75, 3.05) is 11.4 Å². The van der Waals surface area contributed by atoms with E-state index in [2.05, 4.69) is 6.92 Å². The minimum absolute atomic E-state index is 0.205. The van der Waals surface area contributed by atoms with Gasteiger partial charge in [-0.15, -0.1) is 0 Å². The Balaban J connectivity index is 2.51. The fourth-order valence-electron chi connectivity index (χ4n) is 2.48. The van der Waals surface area contributed by atoms with E-state index in [-0.39, 0.29) is 11.9 Å². The number of anilines is 2. The topological polar surface area (TPSA) is 29.3 Å². The maximum Gasteiger partial charge on any atom is 0.147 e. The number of rotatable bonds is 6. The molecule has 1 atom stereocenters. The molecule has 2 nitrogen and oxygen atoms in total. The highest BCUT2D eigenvalue weighted by atomic mass is 19.1. The van der Waals surface area contributed by atoms with Gasteiger partial charge in [0.25, 0.3) is 0 Å². The standard InChI is InChI=1S/C18H23FN2/c1-3-4-13-21(15-9-6-5-7-10-15)18-16(14(2)20)11-8-12-17(18)19/h5-12,14H,3-4,13,20H2,1-2H3/t14-/m0/s1. The van der Waals surface area contributed by atoms with E-state index in [1.807, 2.05) is 48.2 Å². The molecule has 2 aromatic rings. The fourth-order valence-corrected chi connectivity index (χ4v) is 2.48. The summed E-state index contributed by atoms with van der Waals surface area (Å²) in [5, 5.41) is 0. The molecular weight excluding hydrogens is 263 g/mol. The number of halogens is 1. The van der Waals surface area contributed by atoms with Crippen LogP contribution in [0.15, 0.2) is 48.5 Å². The first-order valence-corrected chi connectivity index (χ1v) is 7.51. The summed E-state index contributed by atoms with van der Waals surface area (Å²) in [6.07, 6.45) is 2.06. The van der Waals surface area contributed by atoms with Crippen molar-refractivity contribution < 1.29 is 4.39 Å². The van der Waals surface area contributed by atoms with Crippen LogP contribution in [0.1, 0.15) is 38.3 Å². The summed E-state index contributed by atoms with van der Waals surface area (Å²) in [4.78, 5) is 2.04. The summed E-state index contributed by atoms with van der Waals surface area (Å²) in [7, 11) is 0. The van der Waals surface area contributed by atoms with Gasteiger partial charge in [0, 0.05) is 18.3 Å². The van der Waals surface area contributed by atoms with E-state index in [9.17, 15) is 4.39 Å². The van der Waals surface area contributed by atoms with Crippen molar-refractivity contribution in [3.05, 3.63) is 59.9 Å². The van der Waals surface area contributed by atoms with Crippen molar-refractivity contribution in [2.45, 2.75) is 32.7 Å². The smallest absolute Gasteiger partial charge is 0.147 e. The fraction of sp³-hybridized carbons (Fsp3) is 0.333. The van der Waals surface area contributed by atoms with Crippen molar-refractivity contribution in [2.24, 2.45) is 5.73 Å². The van der Waals surface area contributed by atoms with Crippen molar-refractivity contribution >= 4 is 11.4 Å². The summed E-state index contributed by atoms with van der Waals surface area (Å²) in [5.41, 5.74) is 8.48. The molecule has 2 aromatic carbocycles. The van der Waals surface area contributed by atoms with Crippen molar-refractivity contribution in [1.29, 1.82) is 0 Å². The van der Waals surface area contributed by atoms with Gasteiger partial charge in [0.2, 0.25) is 0 Å². The Morgan fingerprint density at radius 3 is 2.43 bits per heavy atom. The first kappa shape index (κ1) is 15.5. The van der Waals surface area contributed by atoms with Crippen LogP contribution in [0.4, 0.5) is 15.8 Å². The van der Waals surface area contributed by atoms with Gasteiger partial charge in [0.05, 0.1) is 5.69 Å². The van der Waals surface area contributed by atoms with Gasteiger partial charge in [-0.25, -0.2) is 4.39 Å². The summed E-state index contributed by atoms with van der Waals surface area (Å²) >= 11 is 0. The molecule has 0 aromatic heterocycles. The van der Waals surface area contributed by atoms with Gasteiger partial charge in [-0.05, 0) is 37.1 Å². The maximum absolute atomic E-state index is 14.5. The molecule has 0 radical (unpaired) electrons. The minimum atomic E-state index is -0.218. The third-order valence-corrected chi connectivity index (χ3v) is 3.58. The number of hydrogen-bond acceptors (Lipinski definition) is 2. The molecule has 3 heteroatoms. The van der Waals surface area contributed by atoms with Gasteiger partial charge in [0.1, 0.15) is 5.82 Å². The predicted octanol–water partition coefficient (Wildman–Crippen LogP) is 4.78. The molecule has 0 bridgehead atoms. The molecular formula is C18H23FN2. The molecule has 0 aliphatic rings. The normalized spacial score (nSPS) is 12.2. The third kappa shape index (κ3) is 3.61. The monoisotopic (exact) mass is 286 g/mol. The van der Waals surface area contributed by atoms with Gasteiger partial charge < -0.3 is 10.6 Å². The molecule has 2 rings (SSSR count). The molecule has 2 N–H and O–H groups in total. The molecule has 0 aliphatic carbocycles. The summed E-state index contributed by atoms with van der Waals surface area (Å²) in [6.45, 7) is 4.80. The highest BCUT2D eigenvalue weighted by Gasteiger charge is 2.19. The van der Waals surface area contributed by atoms with E-state index in [0.717, 1.165) is 30.6 Å². The molecule has 0 fully saturated rings. The number of nitrogens with two attached hydrogens (primary N) is 1. The second kappa shape index (κ2) is 7.23. The van der Waals surface area contributed by atoms with E-state index >= 15 is 0 Å². The number of unbranched alkanes of at least 4 members (excludes halogenated alkanes) is 1. The highest BCUT2D eigenvalue weighted by Crippen LogP contribution is 2.34. The molecule has 112 valence electrons. The first-order chi connectivity index (χ1) is 10.1. The van der Waals surface area contributed by atoms with Gasteiger partial charge in [0.15, 0.2) is 0 Å². The quantitative estimate of drug-likeness (QED) is 0.827. The maximum atomic E-state index is 14.5. The molecule has 0 amide bonds. The summed E-state index contributed by atoms with van der Waals surface area (Å²) < 4.78 is 14.5. The largest absolute Gasteiger partial charge is 0.339 e. The van der Waals surface area contributed by atoms with Crippen LogP contribution in [0.5, 0.6) is 0 Å². The third-order valence-electron chi connectivity index (χ3n) is 3.58. The number of para-hydroxylation sites is 2. The van der Waals surface area contributed by atoms with E-state index in [1.54, 1.807) is 6.07 Å². The lowest BCUT2D eigenvalue weighted by Crippen LogP contribution is -2.23. The average Bonchev–Trinajstić information content (AvgIpc) is 2.49. The van der Waals surface area contributed by atoms with Crippen LogP contribution in [0.25, 0.3) is 0 Å². The zero-order valence-corrected chi connectivity index (χ0v) is 12.7. The minimum Gasteiger partial charge on any atom is -0.339 e. The predicted molar refractivity (Wildman–Crippen MR) is 87.4 cm³/mol. The van der Waals surface area contributed by atoms with Gasteiger partial charge in [-0.1, -0.05) is 43.7 Å². The van der Waals surface area contributed by atoms with E-state index in [4.69, 9.17) is 5.73 Å². The second-order valence-corrected chi connectivity index (χ2v) is 5.31. The first-order valence-electron chi connectivity index (χ1n) is 7.51. The summed E-state index contributed by atoms with van der Waals surface area (Å²) in [5.74, 6) is -0.218. The Labute approximate surface area is 126 Å². The Morgan fingerprint density at radius 1 is 1.10 bits per heavy atom. The van der Waals surface area contributed by atoms with Crippen molar-refractivity contribution in [3.8, 4) is 0 Å². The SMILES string of the molecule is CCCCN(c1ccccc1)c1c(F)cccc1[C@H](C)N. The van der Waals surface area contributed by atoms with Crippen LogP contribution in [-0.2, 0) is 0 Å². The molecule has 0 saturated heterocycles. The molecule has 21 heavy (non-hydrogen) atoms. The molecule has 0 heterocycles. The van der Waals surface area contributed by atoms with Crippen LogP contribution in [0.3, 0.4) is 0 Å². The second-order valence-electron chi connectivity index (χ2n) is 5.31. The Hall–Kier alpha value is -1.87. The Morgan fingerprint density at radius 2 is 1.81 bits per heavy atom. The number of benzene rings is 2. The van der Waals surface area contributed by atoms with Crippen LogP contribution in [-0.4, -0.2) is 6.54 Å². The lowest BCUT2D eigenvalue weighted by Gasteiger charge is -2.28. The molecule has 0 saturated carbocycles. The van der Waals surface area contributed by atoms with Gasteiger partial charge in [-0.3, -0.25) is 0 Å². The van der Waals surface area contributed by atoms with Gasteiger partial charge in [-0.2, -0.15) is 0 Å². The van der Waals surface area contributed by atoms with Crippen LogP contribution in [0.2, 0.25) is 0 Å². The van der Waals surface area contributed by atoms with E-state index in [1.165, 1.54) is 6.07 Å². The molecule has 0 spiro atoms. The van der Waals surface area contributed by atoms with E-state index < -0.39 is 0 Å². The zero-order valence-electron chi connectivity index (χ0n) is 12.7. The van der Waals surface area contributed by atoms with Crippen molar-refractivity contribution in [1.82, 2.24) is 0 Å². The van der Waals surface area contributed by atoms with Gasteiger partial charge >= 0.3 is 0 Å². The Bertz CT molecular complexity index is 567. The van der Waals surface area contributed by atoms with Crippen LogP contribution >= 0.6 is 0 Å². The van der Waals surface area contributed by atoms with Crippen molar-refractivity contribution in [3.63, 3.8) is 0 Å². The van der Waals surface area contributed by atoms with Crippen LogP contribution in [0, 0.1) is 5.82 Å². The van der Waals surface area contributed by atoms with Crippen LogP contribution < -0.4 is 10.6 Å². The molecule has 0 aliphatic heterocycles. The Kier molecular flexibility index (Phi) is 5.34.